The molecule has 0 saturated heterocycles. The summed E-state index contributed by atoms with van der Waals surface area (Å²) in [6.07, 6.45) is 1.99. The summed E-state index contributed by atoms with van der Waals surface area (Å²) in [5.41, 5.74) is 1.49. The van der Waals surface area contributed by atoms with Gasteiger partial charge in [0.1, 0.15) is 0 Å². The molecule has 0 radical (unpaired) electrons. The van der Waals surface area contributed by atoms with E-state index in [-0.39, 0.29) is 5.78 Å². The first-order valence-corrected chi connectivity index (χ1v) is 9.33. The first kappa shape index (κ1) is 15.9. The largest absolute Gasteiger partial charge is 0.289 e. The zero-order valence-electron chi connectivity index (χ0n) is 12.7. The lowest BCUT2D eigenvalue weighted by molar-refractivity contribution is 0.103. The van der Waals surface area contributed by atoms with Gasteiger partial charge in [0.05, 0.1) is 0 Å². The molecule has 0 aliphatic rings. The fourth-order valence-corrected chi connectivity index (χ4v) is 3.72. The molecule has 0 amide bonds. The van der Waals surface area contributed by atoms with Gasteiger partial charge in [-0.05, 0) is 54.8 Å². The molecule has 0 spiro atoms. The molecule has 3 aromatic carbocycles. The summed E-state index contributed by atoms with van der Waals surface area (Å²) in [6, 6.07) is 25.8. The van der Waals surface area contributed by atoms with E-state index in [1.165, 1.54) is 4.90 Å². The molecule has 0 heterocycles. The molecule has 23 heavy (non-hydrogen) atoms. The van der Waals surface area contributed by atoms with Crippen molar-refractivity contribution in [3.63, 3.8) is 0 Å². The Morgan fingerprint density at radius 3 is 2.04 bits per heavy atom. The zero-order valence-corrected chi connectivity index (χ0v) is 14.4. The van der Waals surface area contributed by atoms with Gasteiger partial charge in [0.25, 0.3) is 0 Å². The standard InChI is InChI=1S/C20H16OS2/c1-22-19-10-6-5-9-18(19)20(21)15-11-13-17(14-12-15)23-16-7-3-2-4-8-16/h2-14H,1H3. The predicted molar refractivity (Wildman–Crippen MR) is 98.7 cm³/mol. The van der Waals surface area contributed by atoms with Crippen molar-refractivity contribution in [1.29, 1.82) is 0 Å². The normalized spacial score (nSPS) is 10.5. The van der Waals surface area contributed by atoms with Crippen LogP contribution in [0.2, 0.25) is 0 Å². The third-order valence-corrected chi connectivity index (χ3v) is 5.26. The number of rotatable bonds is 5. The second-order valence-electron chi connectivity index (χ2n) is 4.97. The minimum absolute atomic E-state index is 0.0752. The molecular formula is C20H16OS2. The molecule has 0 fully saturated rings. The van der Waals surface area contributed by atoms with Crippen LogP contribution in [0, 0.1) is 0 Å². The second kappa shape index (κ2) is 7.53. The van der Waals surface area contributed by atoms with Crippen LogP contribution in [0.1, 0.15) is 15.9 Å². The van der Waals surface area contributed by atoms with Gasteiger partial charge in [-0.1, -0.05) is 42.1 Å². The third-order valence-electron chi connectivity index (χ3n) is 3.45. The minimum atomic E-state index is 0.0752. The molecular weight excluding hydrogens is 320 g/mol. The van der Waals surface area contributed by atoms with Crippen LogP contribution >= 0.6 is 23.5 Å². The Balaban J connectivity index is 1.80. The molecule has 0 unspecified atom stereocenters. The SMILES string of the molecule is CSc1ccccc1C(=O)c1ccc(Sc2ccccc2)cc1. The lowest BCUT2D eigenvalue weighted by atomic mass is 10.0. The minimum Gasteiger partial charge on any atom is -0.289 e. The Bertz CT molecular complexity index is 795. The highest BCUT2D eigenvalue weighted by Gasteiger charge is 2.12. The molecule has 3 rings (SSSR count). The van der Waals surface area contributed by atoms with Gasteiger partial charge in [-0.15, -0.1) is 11.8 Å². The maximum atomic E-state index is 12.7. The van der Waals surface area contributed by atoms with Crippen molar-refractivity contribution in [2.45, 2.75) is 14.7 Å². The molecule has 1 nitrogen and oxygen atoms in total. The van der Waals surface area contributed by atoms with E-state index in [0.717, 1.165) is 20.9 Å². The Kier molecular flexibility index (Phi) is 5.21. The fourth-order valence-electron chi connectivity index (χ4n) is 2.29. The lowest BCUT2D eigenvalue weighted by Crippen LogP contribution is -2.02. The van der Waals surface area contributed by atoms with E-state index in [0.29, 0.717) is 0 Å². The van der Waals surface area contributed by atoms with Crippen LogP contribution in [0.25, 0.3) is 0 Å². The zero-order chi connectivity index (χ0) is 16.1. The number of carbonyl (C=O) groups is 1. The average molecular weight is 336 g/mol. The highest BCUT2D eigenvalue weighted by molar-refractivity contribution is 7.99. The summed E-state index contributed by atoms with van der Waals surface area (Å²) < 4.78 is 0. The van der Waals surface area contributed by atoms with Gasteiger partial charge in [-0.25, -0.2) is 0 Å². The van der Waals surface area contributed by atoms with Gasteiger partial charge in [-0.3, -0.25) is 4.79 Å². The second-order valence-corrected chi connectivity index (χ2v) is 6.96. The van der Waals surface area contributed by atoms with Crippen LogP contribution in [0.15, 0.2) is 93.5 Å². The summed E-state index contributed by atoms with van der Waals surface area (Å²) in [6.45, 7) is 0. The molecule has 0 aliphatic carbocycles. The van der Waals surface area contributed by atoms with Crippen LogP contribution in [0.5, 0.6) is 0 Å². The van der Waals surface area contributed by atoms with Gasteiger partial charge in [0.15, 0.2) is 5.78 Å². The molecule has 0 atom stereocenters. The van der Waals surface area contributed by atoms with Crippen LogP contribution in [-0.2, 0) is 0 Å². The van der Waals surface area contributed by atoms with E-state index in [2.05, 4.69) is 12.1 Å². The monoisotopic (exact) mass is 336 g/mol. The molecule has 0 bridgehead atoms. The first-order valence-electron chi connectivity index (χ1n) is 7.28. The third kappa shape index (κ3) is 3.87. The van der Waals surface area contributed by atoms with Gasteiger partial charge in [0.2, 0.25) is 0 Å². The van der Waals surface area contributed by atoms with Gasteiger partial charge >= 0.3 is 0 Å². The maximum Gasteiger partial charge on any atom is 0.194 e. The Morgan fingerprint density at radius 1 is 0.739 bits per heavy atom. The summed E-state index contributed by atoms with van der Waals surface area (Å²) in [7, 11) is 0. The molecule has 0 N–H and O–H groups in total. The quantitative estimate of drug-likeness (QED) is 0.433. The molecule has 0 aliphatic heterocycles. The van der Waals surface area contributed by atoms with Gasteiger partial charge in [0, 0.05) is 25.8 Å². The fraction of sp³-hybridized carbons (Fsp3) is 0.0500. The van der Waals surface area contributed by atoms with Crippen molar-refractivity contribution in [2.75, 3.05) is 6.26 Å². The first-order chi connectivity index (χ1) is 11.3. The van der Waals surface area contributed by atoms with Crippen molar-refractivity contribution in [3.05, 3.63) is 90.0 Å². The van der Waals surface area contributed by atoms with E-state index >= 15 is 0 Å². The van der Waals surface area contributed by atoms with E-state index < -0.39 is 0 Å². The smallest absolute Gasteiger partial charge is 0.194 e. The van der Waals surface area contributed by atoms with Crippen molar-refractivity contribution in [2.24, 2.45) is 0 Å². The lowest BCUT2D eigenvalue weighted by Gasteiger charge is -2.07. The number of ketones is 1. The molecule has 3 aromatic rings. The van der Waals surface area contributed by atoms with E-state index in [4.69, 9.17) is 0 Å². The maximum absolute atomic E-state index is 12.7. The van der Waals surface area contributed by atoms with E-state index in [1.807, 2.05) is 73.0 Å². The molecule has 0 saturated carbocycles. The number of hydrogen-bond acceptors (Lipinski definition) is 3. The van der Waals surface area contributed by atoms with Crippen molar-refractivity contribution >= 4 is 29.3 Å². The summed E-state index contributed by atoms with van der Waals surface area (Å²) in [4.78, 5) is 16.0. The molecule has 0 aromatic heterocycles. The topological polar surface area (TPSA) is 17.1 Å². The summed E-state index contributed by atoms with van der Waals surface area (Å²) in [5, 5.41) is 0. The number of hydrogen-bond donors (Lipinski definition) is 0. The Hall–Kier alpha value is -1.97. The van der Waals surface area contributed by atoms with Gasteiger partial charge < -0.3 is 0 Å². The highest BCUT2D eigenvalue weighted by atomic mass is 32.2. The highest BCUT2D eigenvalue weighted by Crippen LogP contribution is 2.28. The van der Waals surface area contributed by atoms with Crippen LogP contribution in [-0.4, -0.2) is 12.0 Å². The van der Waals surface area contributed by atoms with Gasteiger partial charge in [-0.2, -0.15) is 0 Å². The number of carbonyl (C=O) groups excluding carboxylic acids is 1. The van der Waals surface area contributed by atoms with Crippen molar-refractivity contribution in [3.8, 4) is 0 Å². The Labute approximate surface area is 145 Å². The number of thioether (sulfide) groups is 1. The predicted octanol–water partition coefficient (Wildman–Crippen LogP) is 5.79. The van der Waals surface area contributed by atoms with Crippen LogP contribution in [0.4, 0.5) is 0 Å². The molecule has 3 heteroatoms. The number of benzene rings is 3. The summed E-state index contributed by atoms with van der Waals surface area (Å²) >= 11 is 3.29. The Morgan fingerprint density at radius 2 is 1.35 bits per heavy atom. The molecule has 114 valence electrons. The van der Waals surface area contributed by atoms with E-state index in [9.17, 15) is 4.79 Å². The van der Waals surface area contributed by atoms with Crippen LogP contribution in [0.3, 0.4) is 0 Å². The van der Waals surface area contributed by atoms with Crippen molar-refractivity contribution in [1.82, 2.24) is 0 Å². The van der Waals surface area contributed by atoms with Crippen LogP contribution < -0.4 is 0 Å². The van der Waals surface area contributed by atoms with E-state index in [1.54, 1.807) is 23.5 Å². The summed E-state index contributed by atoms with van der Waals surface area (Å²) in [5.74, 6) is 0.0752. The average Bonchev–Trinajstić information content (AvgIpc) is 2.62. The van der Waals surface area contributed by atoms with Crippen molar-refractivity contribution < 1.29 is 4.79 Å².